The molecule has 1 saturated heterocycles. The molecule has 0 aliphatic carbocycles. The Hall–Kier alpha value is -2.37. The number of thioether (sulfide) groups is 1. The van der Waals surface area contributed by atoms with Gasteiger partial charge in [0.15, 0.2) is 5.13 Å². The van der Waals surface area contributed by atoms with Gasteiger partial charge in [0.25, 0.3) is 0 Å². The predicted molar refractivity (Wildman–Crippen MR) is 112 cm³/mol. The van der Waals surface area contributed by atoms with Crippen LogP contribution >= 0.6 is 23.1 Å². The third-order valence-corrected chi connectivity index (χ3v) is 6.51. The molecule has 3 rings (SSSR count). The third kappa shape index (κ3) is 5.57. The molecule has 0 bridgehead atoms. The van der Waals surface area contributed by atoms with Gasteiger partial charge in [-0.1, -0.05) is 12.1 Å². The molecule has 2 aromatic rings. The monoisotopic (exact) mass is 414 g/mol. The Morgan fingerprint density at radius 1 is 1.32 bits per heavy atom. The van der Waals surface area contributed by atoms with Crippen molar-refractivity contribution in [2.24, 2.45) is 5.92 Å². The highest BCUT2D eigenvalue weighted by molar-refractivity contribution is 7.99. The third-order valence-electron chi connectivity index (χ3n) is 4.64. The molecule has 1 aliphatic rings. The first-order chi connectivity index (χ1) is 13.5. The van der Waals surface area contributed by atoms with Crippen molar-refractivity contribution in [3.8, 4) is 6.07 Å². The fourth-order valence-electron chi connectivity index (χ4n) is 3.03. The van der Waals surface area contributed by atoms with E-state index in [9.17, 15) is 9.59 Å². The number of nitrogens with one attached hydrogen (secondary N) is 1. The van der Waals surface area contributed by atoms with E-state index in [0.29, 0.717) is 42.4 Å². The van der Waals surface area contributed by atoms with Crippen molar-refractivity contribution in [1.82, 2.24) is 9.88 Å². The van der Waals surface area contributed by atoms with E-state index < -0.39 is 0 Å². The molecule has 6 nitrogen and oxygen atoms in total. The number of rotatable bonds is 6. The lowest BCUT2D eigenvalue weighted by molar-refractivity contribution is -0.132. The number of aryl methyl sites for hydroxylation is 1. The molecule has 8 heteroatoms. The summed E-state index contributed by atoms with van der Waals surface area (Å²) in [6, 6.07) is 9.52. The molecule has 2 amide bonds. The average molecular weight is 415 g/mol. The molecule has 2 heterocycles. The van der Waals surface area contributed by atoms with Crippen molar-refractivity contribution < 1.29 is 9.59 Å². The zero-order valence-electron chi connectivity index (χ0n) is 15.7. The van der Waals surface area contributed by atoms with Gasteiger partial charge in [-0.2, -0.15) is 5.26 Å². The first-order valence-corrected chi connectivity index (χ1v) is 11.2. The smallest absolute Gasteiger partial charge is 0.232 e. The van der Waals surface area contributed by atoms with Crippen LogP contribution in [0.2, 0.25) is 0 Å². The maximum absolute atomic E-state index is 12.4. The van der Waals surface area contributed by atoms with Crippen molar-refractivity contribution in [1.29, 1.82) is 5.26 Å². The van der Waals surface area contributed by atoms with E-state index >= 15 is 0 Å². The highest BCUT2D eigenvalue weighted by atomic mass is 32.2. The first kappa shape index (κ1) is 20.4. The Labute approximate surface area is 173 Å². The lowest BCUT2D eigenvalue weighted by Crippen LogP contribution is -2.42. The Morgan fingerprint density at radius 2 is 2.04 bits per heavy atom. The van der Waals surface area contributed by atoms with Gasteiger partial charge in [-0.15, -0.1) is 23.1 Å². The van der Waals surface area contributed by atoms with E-state index in [2.05, 4.69) is 16.4 Å². The number of nitrogens with zero attached hydrogens (tertiary/aromatic N) is 3. The van der Waals surface area contributed by atoms with E-state index in [-0.39, 0.29) is 17.7 Å². The van der Waals surface area contributed by atoms with E-state index in [1.165, 1.54) is 11.3 Å². The molecule has 0 unspecified atom stereocenters. The highest BCUT2D eigenvalue weighted by Gasteiger charge is 2.27. The number of piperidine rings is 1. The van der Waals surface area contributed by atoms with Crippen molar-refractivity contribution in [3.63, 3.8) is 0 Å². The van der Waals surface area contributed by atoms with Gasteiger partial charge < -0.3 is 10.2 Å². The molecule has 1 fully saturated rings. The van der Waals surface area contributed by atoms with E-state index in [1.54, 1.807) is 23.9 Å². The second-order valence-electron chi connectivity index (χ2n) is 6.74. The maximum atomic E-state index is 12.4. The minimum absolute atomic E-state index is 0.00311. The summed E-state index contributed by atoms with van der Waals surface area (Å²) in [6.07, 6.45) is 1.37. The van der Waals surface area contributed by atoms with Gasteiger partial charge in [0.1, 0.15) is 0 Å². The number of benzene rings is 1. The SMILES string of the molecule is Cc1csc(NC(=O)C2CCN(C(=O)CSCc3ccc(C#N)cc3)CC2)n1. The van der Waals surface area contributed by atoms with Gasteiger partial charge >= 0.3 is 0 Å². The number of hydrogen-bond donors (Lipinski definition) is 1. The summed E-state index contributed by atoms with van der Waals surface area (Å²) in [7, 11) is 0. The van der Waals surface area contributed by atoms with Crippen molar-refractivity contribution >= 4 is 40.0 Å². The van der Waals surface area contributed by atoms with Crippen LogP contribution in [0.3, 0.4) is 0 Å². The molecule has 0 saturated carbocycles. The van der Waals surface area contributed by atoms with E-state index in [1.807, 2.05) is 29.3 Å². The number of anilines is 1. The largest absolute Gasteiger partial charge is 0.342 e. The Kier molecular flexibility index (Phi) is 7.06. The predicted octanol–water partition coefficient (Wildman–Crippen LogP) is 3.43. The summed E-state index contributed by atoms with van der Waals surface area (Å²) in [5, 5.41) is 14.2. The highest BCUT2D eigenvalue weighted by Crippen LogP contribution is 2.22. The van der Waals surface area contributed by atoms with Crippen LogP contribution in [-0.4, -0.2) is 40.5 Å². The average Bonchev–Trinajstić information content (AvgIpc) is 3.13. The van der Waals surface area contributed by atoms with Gasteiger partial charge in [0.2, 0.25) is 11.8 Å². The molecule has 1 aliphatic heterocycles. The van der Waals surface area contributed by atoms with Crippen molar-refractivity contribution in [2.45, 2.75) is 25.5 Å². The van der Waals surface area contributed by atoms with Crippen LogP contribution in [0.25, 0.3) is 0 Å². The molecule has 0 atom stereocenters. The number of carbonyl (C=O) groups excluding carboxylic acids is 2. The number of amides is 2. The van der Waals surface area contributed by atoms with Crippen LogP contribution < -0.4 is 5.32 Å². The normalized spacial score (nSPS) is 14.5. The molecule has 1 aromatic heterocycles. The molecule has 0 spiro atoms. The summed E-state index contributed by atoms with van der Waals surface area (Å²) in [5.41, 5.74) is 2.64. The second kappa shape index (κ2) is 9.71. The molecular formula is C20H22N4O2S2. The summed E-state index contributed by atoms with van der Waals surface area (Å²) in [5.74, 6) is 1.21. The van der Waals surface area contributed by atoms with Crippen LogP contribution in [0.4, 0.5) is 5.13 Å². The van der Waals surface area contributed by atoms with Gasteiger partial charge in [0, 0.05) is 30.1 Å². The number of carbonyl (C=O) groups is 2. The standard InChI is InChI=1S/C20H22N4O2S2/c1-14-11-28-20(22-14)23-19(26)17-6-8-24(9-7-17)18(25)13-27-12-16-4-2-15(10-21)3-5-16/h2-5,11,17H,6-9,12-13H2,1H3,(H,22,23,26). The second-order valence-corrected chi connectivity index (χ2v) is 8.58. The Balaban J connectivity index is 1.38. The minimum atomic E-state index is -0.0699. The zero-order valence-corrected chi connectivity index (χ0v) is 17.3. The van der Waals surface area contributed by atoms with E-state index in [0.717, 1.165) is 17.0 Å². The molecule has 0 radical (unpaired) electrons. The lowest BCUT2D eigenvalue weighted by atomic mass is 9.96. The number of hydrogen-bond acceptors (Lipinski definition) is 6. The van der Waals surface area contributed by atoms with Crippen molar-refractivity contribution in [2.75, 3.05) is 24.2 Å². The van der Waals surface area contributed by atoms with Gasteiger partial charge in [-0.25, -0.2) is 4.98 Å². The van der Waals surface area contributed by atoms with Crippen LogP contribution in [0, 0.1) is 24.2 Å². The maximum Gasteiger partial charge on any atom is 0.232 e. The number of likely N-dealkylation sites (tertiary alicyclic amines) is 1. The summed E-state index contributed by atoms with van der Waals surface area (Å²) in [4.78, 5) is 30.9. The van der Waals surface area contributed by atoms with Crippen LogP contribution in [0.5, 0.6) is 0 Å². The van der Waals surface area contributed by atoms with Gasteiger partial charge in [0.05, 0.1) is 23.1 Å². The lowest BCUT2D eigenvalue weighted by Gasteiger charge is -2.31. The summed E-state index contributed by atoms with van der Waals surface area (Å²) >= 11 is 3.00. The van der Waals surface area contributed by atoms with Gasteiger partial charge in [-0.3, -0.25) is 9.59 Å². The molecular weight excluding hydrogens is 392 g/mol. The topological polar surface area (TPSA) is 86.1 Å². The zero-order chi connectivity index (χ0) is 19.9. The quantitative estimate of drug-likeness (QED) is 0.783. The number of aromatic nitrogens is 1. The molecule has 1 aromatic carbocycles. The summed E-state index contributed by atoms with van der Waals surface area (Å²) < 4.78 is 0. The molecule has 28 heavy (non-hydrogen) atoms. The Morgan fingerprint density at radius 3 is 2.64 bits per heavy atom. The van der Waals surface area contributed by atoms with Crippen molar-refractivity contribution in [3.05, 3.63) is 46.5 Å². The minimum Gasteiger partial charge on any atom is -0.342 e. The van der Waals surface area contributed by atoms with Crippen LogP contribution in [0.15, 0.2) is 29.6 Å². The van der Waals surface area contributed by atoms with Crippen LogP contribution in [-0.2, 0) is 15.3 Å². The van der Waals surface area contributed by atoms with Crippen LogP contribution in [0.1, 0.15) is 29.7 Å². The first-order valence-electron chi connectivity index (χ1n) is 9.12. The fraction of sp³-hybridized carbons (Fsp3) is 0.400. The van der Waals surface area contributed by atoms with E-state index in [4.69, 9.17) is 5.26 Å². The number of thiazole rings is 1. The molecule has 146 valence electrons. The molecule has 1 N–H and O–H groups in total. The number of nitriles is 1. The van der Waals surface area contributed by atoms with Gasteiger partial charge in [-0.05, 0) is 37.5 Å². The Bertz CT molecular complexity index is 865. The summed E-state index contributed by atoms with van der Waals surface area (Å²) in [6.45, 7) is 3.13. The fourth-order valence-corrected chi connectivity index (χ4v) is 4.61.